The summed E-state index contributed by atoms with van der Waals surface area (Å²) in [5.41, 5.74) is 2.02. The van der Waals surface area contributed by atoms with E-state index < -0.39 is 0 Å². The lowest BCUT2D eigenvalue weighted by Gasteiger charge is -2.19. The Morgan fingerprint density at radius 1 is 1.22 bits per heavy atom. The van der Waals surface area contributed by atoms with Gasteiger partial charge < -0.3 is 4.90 Å². The van der Waals surface area contributed by atoms with Gasteiger partial charge in [0, 0.05) is 20.3 Å². The van der Waals surface area contributed by atoms with E-state index in [0.717, 1.165) is 11.3 Å². The van der Waals surface area contributed by atoms with Crippen molar-refractivity contribution in [2.45, 2.75) is 13.0 Å². The Morgan fingerprint density at radius 2 is 1.89 bits per heavy atom. The Labute approximate surface area is 107 Å². The molecule has 1 heterocycles. The van der Waals surface area contributed by atoms with E-state index in [2.05, 4.69) is 5.10 Å². The fourth-order valence-electron chi connectivity index (χ4n) is 1.94. The fraction of sp³-hybridized carbons (Fsp3) is 0.286. The minimum atomic E-state index is -0.301. The first-order chi connectivity index (χ1) is 8.61. The summed E-state index contributed by atoms with van der Waals surface area (Å²) in [5, 5.41) is 4.27. The van der Waals surface area contributed by atoms with Gasteiger partial charge in [-0.2, -0.15) is 5.10 Å². The number of hydrogen-bond donors (Lipinski definition) is 0. The van der Waals surface area contributed by atoms with Crippen LogP contribution >= 0.6 is 0 Å². The van der Waals surface area contributed by atoms with Gasteiger partial charge in [-0.3, -0.25) is 9.48 Å². The van der Waals surface area contributed by atoms with Crippen LogP contribution in [0.25, 0.3) is 11.3 Å². The molecule has 2 aromatic rings. The normalized spacial score (nSPS) is 12.2. The number of carbonyl (C=O) groups excluding carboxylic acids is 1. The lowest BCUT2D eigenvalue weighted by Crippen LogP contribution is -2.30. The molecule has 0 aliphatic rings. The molecule has 0 N–H and O–H groups in total. The van der Waals surface area contributed by atoms with Crippen LogP contribution in [0.3, 0.4) is 0 Å². The molecule has 0 aliphatic carbocycles. The predicted molar refractivity (Wildman–Crippen MR) is 71.1 cm³/mol. The molecule has 0 bridgehead atoms. The molecule has 0 fully saturated rings. The summed E-state index contributed by atoms with van der Waals surface area (Å²) in [5.74, 6) is 0.0379. The van der Waals surface area contributed by atoms with Crippen LogP contribution in [0.15, 0.2) is 42.6 Å². The number of likely N-dealkylation sites (N-methyl/N-ethyl adjacent to an activating group) is 1. The molecule has 4 heteroatoms. The summed E-state index contributed by atoms with van der Waals surface area (Å²) in [7, 11) is 3.51. The zero-order valence-corrected chi connectivity index (χ0v) is 10.9. The third-order valence-corrected chi connectivity index (χ3v) is 2.90. The Balaban J connectivity index is 2.37. The zero-order valence-electron chi connectivity index (χ0n) is 10.9. The van der Waals surface area contributed by atoms with Crippen molar-refractivity contribution < 1.29 is 4.79 Å². The Hall–Kier alpha value is -2.10. The van der Waals surface area contributed by atoms with E-state index >= 15 is 0 Å². The van der Waals surface area contributed by atoms with Crippen molar-refractivity contribution >= 4 is 5.91 Å². The van der Waals surface area contributed by atoms with Crippen LogP contribution in [0.2, 0.25) is 0 Å². The molecule has 1 unspecified atom stereocenters. The van der Waals surface area contributed by atoms with E-state index in [1.807, 2.05) is 43.3 Å². The molecular formula is C14H17N3O. The third-order valence-electron chi connectivity index (χ3n) is 2.90. The van der Waals surface area contributed by atoms with E-state index in [0.29, 0.717) is 0 Å². The second kappa shape index (κ2) is 5.04. The SMILES string of the molecule is CC(C(=O)N(C)C)n1nccc1-c1ccccc1. The van der Waals surface area contributed by atoms with Gasteiger partial charge in [-0.05, 0) is 18.6 Å². The van der Waals surface area contributed by atoms with Gasteiger partial charge in [0.2, 0.25) is 5.91 Å². The fourth-order valence-corrected chi connectivity index (χ4v) is 1.94. The number of carbonyl (C=O) groups is 1. The highest BCUT2D eigenvalue weighted by Crippen LogP contribution is 2.22. The standard InChI is InChI=1S/C14H17N3O/c1-11(14(18)16(2)3)17-13(9-10-15-17)12-7-5-4-6-8-12/h4-11H,1-3H3. The van der Waals surface area contributed by atoms with Gasteiger partial charge in [0.25, 0.3) is 0 Å². The number of rotatable bonds is 3. The summed E-state index contributed by atoms with van der Waals surface area (Å²) < 4.78 is 1.76. The monoisotopic (exact) mass is 243 g/mol. The summed E-state index contributed by atoms with van der Waals surface area (Å²) in [6.07, 6.45) is 1.72. The van der Waals surface area contributed by atoms with Crippen molar-refractivity contribution in [2.75, 3.05) is 14.1 Å². The first-order valence-electron chi connectivity index (χ1n) is 5.91. The molecule has 1 aromatic heterocycles. The molecule has 4 nitrogen and oxygen atoms in total. The first kappa shape index (κ1) is 12.4. The highest BCUT2D eigenvalue weighted by Gasteiger charge is 2.20. The highest BCUT2D eigenvalue weighted by molar-refractivity contribution is 5.80. The highest BCUT2D eigenvalue weighted by atomic mass is 16.2. The molecular weight excluding hydrogens is 226 g/mol. The average molecular weight is 243 g/mol. The number of aromatic nitrogens is 2. The van der Waals surface area contributed by atoms with E-state index in [1.54, 1.807) is 29.9 Å². The summed E-state index contributed by atoms with van der Waals surface area (Å²) >= 11 is 0. The number of benzene rings is 1. The second-order valence-electron chi connectivity index (χ2n) is 4.44. The Kier molecular flexibility index (Phi) is 3.46. The molecule has 94 valence electrons. The second-order valence-corrected chi connectivity index (χ2v) is 4.44. The van der Waals surface area contributed by atoms with Crippen molar-refractivity contribution in [2.24, 2.45) is 0 Å². The maximum absolute atomic E-state index is 12.0. The van der Waals surface area contributed by atoms with E-state index in [1.165, 1.54) is 0 Å². The van der Waals surface area contributed by atoms with Gasteiger partial charge in [0.15, 0.2) is 0 Å². The van der Waals surface area contributed by atoms with Crippen LogP contribution < -0.4 is 0 Å². The Bertz CT molecular complexity index is 531. The summed E-state index contributed by atoms with van der Waals surface area (Å²) in [6.45, 7) is 1.86. The lowest BCUT2D eigenvalue weighted by molar-refractivity contribution is -0.131. The number of amides is 1. The topological polar surface area (TPSA) is 38.1 Å². The van der Waals surface area contributed by atoms with Crippen molar-refractivity contribution in [3.05, 3.63) is 42.6 Å². The van der Waals surface area contributed by atoms with Gasteiger partial charge in [0.05, 0.1) is 5.69 Å². The number of nitrogens with zero attached hydrogens (tertiary/aromatic N) is 3. The molecule has 0 aliphatic heterocycles. The predicted octanol–water partition coefficient (Wildman–Crippen LogP) is 2.20. The molecule has 1 atom stereocenters. The van der Waals surface area contributed by atoms with Crippen LogP contribution in [-0.2, 0) is 4.79 Å². The van der Waals surface area contributed by atoms with Gasteiger partial charge in [0.1, 0.15) is 6.04 Å². The van der Waals surface area contributed by atoms with Crippen LogP contribution in [0.4, 0.5) is 0 Å². The molecule has 0 saturated heterocycles. The summed E-state index contributed by atoms with van der Waals surface area (Å²) in [4.78, 5) is 13.6. The molecule has 0 saturated carbocycles. The van der Waals surface area contributed by atoms with Gasteiger partial charge in [-0.15, -0.1) is 0 Å². The van der Waals surface area contributed by atoms with Crippen LogP contribution in [0, 0.1) is 0 Å². The van der Waals surface area contributed by atoms with Crippen molar-refractivity contribution in [1.82, 2.24) is 14.7 Å². The Morgan fingerprint density at radius 3 is 2.50 bits per heavy atom. The van der Waals surface area contributed by atoms with Gasteiger partial charge in [-0.25, -0.2) is 0 Å². The molecule has 0 spiro atoms. The third kappa shape index (κ3) is 2.27. The van der Waals surface area contributed by atoms with Crippen LogP contribution in [0.5, 0.6) is 0 Å². The smallest absolute Gasteiger partial charge is 0.246 e. The van der Waals surface area contributed by atoms with E-state index in [9.17, 15) is 4.79 Å². The largest absolute Gasteiger partial charge is 0.347 e. The minimum Gasteiger partial charge on any atom is -0.347 e. The average Bonchev–Trinajstić information content (AvgIpc) is 2.87. The van der Waals surface area contributed by atoms with Crippen molar-refractivity contribution in [3.63, 3.8) is 0 Å². The first-order valence-corrected chi connectivity index (χ1v) is 5.91. The molecule has 0 radical (unpaired) electrons. The maximum atomic E-state index is 12.0. The van der Waals surface area contributed by atoms with Gasteiger partial charge >= 0.3 is 0 Å². The molecule has 1 aromatic carbocycles. The van der Waals surface area contributed by atoms with Gasteiger partial charge in [-0.1, -0.05) is 30.3 Å². The number of hydrogen-bond acceptors (Lipinski definition) is 2. The van der Waals surface area contributed by atoms with Crippen LogP contribution in [-0.4, -0.2) is 34.7 Å². The van der Waals surface area contributed by atoms with Crippen LogP contribution in [0.1, 0.15) is 13.0 Å². The summed E-state index contributed by atoms with van der Waals surface area (Å²) in [6, 6.07) is 11.6. The minimum absolute atomic E-state index is 0.0379. The van der Waals surface area contributed by atoms with Crippen molar-refractivity contribution in [1.29, 1.82) is 0 Å². The van der Waals surface area contributed by atoms with E-state index in [-0.39, 0.29) is 11.9 Å². The lowest BCUT2D eigenvalue weighted by atomic mass is 10.1. The molecule has 1 amide bonds. The zero-order chi connectivity index (χ0) is 13.1. The van der Waals surface area contributed by atoms with E-state index in [4.69, 9.17) is 0 Å². The van der Waals surface area contributed by atoms with Crippen molar-refractivity contribution in [3.8, 4) is 11.3 Å². The quantitative estimate of drug-likeness (QED) is 0.829. The molecule has 18 heavy (non-hydrogen) atoms. The maximum Gasteiger partial charge on any atom is 0.246 e. The molecule has 2 rings (SSSR count).